The van der Waals surface area contributed by atoms with E-state index in [2.05, 4.69) is 9.73 Å². The van der Waals surface area contributed by atoms with Crippen LogP contribution in [-0.4, -0.2) is 29.4 Å². The molecule has 1 aliphatic rings. The van der Waals surface area contributed by atoms with Crippen LogP contribution in [0.4, 0.5) is 0 Å². The summed E-state index contributed by atoms with van der Waals surface area (Å²) in [5.41, 5.74) is 4.61. The molecular formula is C7H8N2O4. The number of nitrogens with two attached hydrogens (primary N) is 1. The number of aliphatic hydroxyl groups is 1. The van der Waals surface area contributed by atoms with Crippen LogP contribution in [0, 0.1) is 0 Å². The summed E-state index contributed by atoms with van der Waals surface area (Å²) in [6, 6.07) is 0. The highest BCUT2D eigenvalue weighted by atomic mass is 16.5. The second kappa shape index (κ2) is 3.26. The van der Waals surface area contributed by atoms with Crippen LogP contribution < -0.4 is 5.73 Å². The molecule has 1 heterocycles. The number of hydrogen-bond donors (Lipinski definition) is 2. The van der Waals surface area contributed by atoms with Crippen LogP contribution in [0.3, 0.4) is 0 Å². The molecule has 0 saturated carbocycles. The number of carbonyl (C=O) groups excluding carboxylic acids is 2. The third-order valence-corrected chi connectivity index (χ3v) is 1.39. The number of rotatable bonds is 2. The van der Waals surface area contributed by atoms with Crippen LogP contribution in [0.2, 0.25) is 0 Å². The van der Waals surface area contributed by atoms with Crippen LogP contribution in [-0.2, 0) is 14.3 Å². The number of carbonyl (C=O) groups is 2. The molecule has 1 amide bonds. The Morgan fingerprint density at radius 3 is 2.69 bits per heavy atom. The van der Waals surface area contributed by atoms with E-state index in [-0.39, 0.29) is 12.4 Å². The smallest absolute Gasteiger partial charge is 0.347 e. The number of ether oxygens (including phenoxy) is 1. The van der Waals surface area contributed by atoms with Gasteiger partial charge in [-0.05, 0) is 6.92 Å². The molecule has 1 aliphatic heterocycles. The Morgan fingerprint density at radius 2 is 2.31 bits per heavy atom. The summed E-state index contributed by atoms with van der Waals surface area (Å²) in [6.07, 6.45) is 0. The summed E-state index contributed by atoms with van der Waals surface area (Å²) in [4.78, 5) is 25.1. The molecule has 0 bridgehead atoms. The minimum absolute atomic E-state index is 0.114. The summed E-state index contributed by atoms with van der Waals surface area (Å²) >= 11 is 0. The third kappa shape index (κ3) is 1.51. The molecule has 0 spiro atoms. The average molecular weight is 184 g/mol. The van der Waals surface area contributed by atoms with Gasteiger partial charge in [-0.1, -0.05) is 0 Å². The number of nitrogens with zero attached hydrogens (tertiary/aromatic N) is 1. The summed E-state index contributed by atoms with van der Waals surface area (Å²) in [7, 11) is 0. The quantitative estimate of drug-likeness (QED) is 0.434. The lowest BCUT2D eigenvalue weighted by Gasteiger charge is -1.99. The van der Waals surface area contributed by atoms with Crippen molar-refractivity contribution >= 4 is 17.7 Å². The Morgan fingerprint density at radius 1 is 1.69 bits per heavy atom. The van der Waals surface area contributed by atoms with Gasteiger partial charge in [0, 0.05) is 0 Å². The lowest BCUT2D eigenvalue weighted by Crippen LogP contribution is -2.16. The lowest BCUT2D eigenvalue weighted by molar-refractivity contribution is -0.140. The predicted octanol–water partition coefficient (Wildman–Crippen LogP) is -0.741. The molecule has 0 aromatic heterocycles. The van der Waals surface area contributed by atoms with Crippen molar-refractivity contribution in [2.45, 2.75) is 6.92 Å². The molecule has 0 aromatic carbocycles. The topological polar surface area (TPSA) is 102 Å². The molecule has 0 fully saturated rings. The standard InChI is InChI=1S/C7H8N2O4/c1-2-13-7(12)3-4(10)5(8)9-6(3)11/h2H2,1H3,(H3,8,9,10,11). The van der Waals surface area contributed by atoms with E-state index < -0.39 is 23.2 Å². The Hall–Kier alpha value is -1.85. The largest absolute Gasteiger partial charge is 0.504 e. The molecule has 0 aliphatic carbocycles. The van der Waals surface area contributed by atoms with Gasteiger partial charge < -0.3 is 15.6 Å². The summed E-state index contributed by atoms with van der Waals surface area (Å²) in [5, 5.41) is 9.13. The van der Waals surface area contributed by atoms with E-state index in [9.17, 15) is 9.59 Å². The summed E-state index contributed by atoms with van der Waals surface area (Å²) < 4.78 is 4.51. The fraction of sp³-hybridized carbons (Fsp3) is 0.286. The van der Waals surface area contributed by atoms with Gasteiger partial charge in [0.15, 0.2) is 17.2 Å². The van der Waals surface area contributed by atoms with Gasteiger partial charge >= 0.3 is 5.97 Å². The van der Waals surface area contributed by atoms with E-state index >= 15 is 0 Å². The maximum Gasteiger partial charge on any atom is 0.347 e. The van der Waals surface area contributed by atoms with E-state index in [0.29, 0.717) is 0 Å². The van der Waals surface area contributed by atoms with Gasteiger partial charge in [-0.15, -0.1) is 0 Å². The number of aliphatic hydroxyl groups excluding tert-OH is 1. The van der Waals surface area contributed by atoms with Crippen molar-refractivity contribution in [1.82, 2.24) is 0 Å². The van der Waals surface area contributed by atoms with Crippen molar-refractivity contribution in [2.75, 3.05) is 6.61 Å². The van der Waals surface area contributed by atoms with Crippen molar-refractivity contribution in [2.24, 2.45) is 10.7 Å². The fourth-order valence-corrected chi connectivity index (χ4v) is 0.835. The fourth-order valence-electron chi connectivity index (χ4n) is 0.835. The van der Waals surface area contributed by atoms with Crippen LogP contribution >= 0.6 is 0 Å². The minimum atomic E-state index is -0.908. The lowest BCUT2D eigenvalue weighted by atomic mass is 10.2. The predicted molar refractivity (Wildman–Crippen MR) is 42.9 cm³/mol. The zero-order valence-electron chi connectivity index (χ0n) is 6.90. The van der Waals surface area contributed by atoms with Crippen LogP contribution in [0.25, 0.3) is 0 Å². The first-order valence-electron chi connectivity index (χ1n) is 3.57. The molecule has 0 aromatic rings. The molecule has 6 nitrogen and oxygen atoms in total. The Balaban J connectivity index is 2.94. The van der Waals surface area contributed by atoms with Gasteiger partial charge in [-0.25, -0.2) is 4.79 Å². The van der Waals surface area contributed by atoms with Crippen LogP contribution in [0.1, 0.15) is 6.92 Å². The second-order valence-corrected chi connectivity index (χ2v) is 2.25. The third-order valence-electron chi connectivity index (χ3n) is 1.39. The van der Waals surface area contributed by atoms with Gasteiger partial charge in [-0.3, -0.25) is 4.79 Å². The van der Waals surface area contributed by atoms with Gasteiger partial charge in [0.1, 0.15) is 0 Å². The van der Waals surface area contributed by atoms with Crippen molar-refractivity contribution in [3.05, 3.63) is 11.3 Å². The first-order chi connectivity index (χ1) is 6.07. The Bertz CT molecular complexity index is 329. The molecule has 3 N–H and O–H groups in total. The van der Waals surface area contributed by atoms with E-state index in [1.54, 1.807) is 6.92 Å². The number of hydrogen-bond acceptors (Lipinski definition) is 5. The zero-order valence-corrected chi connectivity index (χ0v) is 6.90. The monoisotopic (exact) mass is 184 g/mol. The highest BCUT2D eigenvalue weighted by Gasteiger charge is 2.31. The highest BCUT2D eigenvalue weighted by molar-refractivity contribution is 6.28. The number of amidine groups is 1. The average Bonchev–Trinajstić information content (AvgIpc) is 2.27. The van der Waals surface area contributed by atoms with Crippen molar-refractivity contribution < 1.29 is 19.4 Å². The van der Waals surface area contributed by atoms with Gasteiger partial charge in [-0.2, -0.15) is 4.99 Å². The molecule has 6 heteroatoms. The molecule has 1 rings (SSSR count). The molecule has 70 valence electrons. The summed E-state index contributed by atoms with van der Waals surface area (Å²) in [6.45, 7) is 1.70. The van der Waals surface area contributed by atoms with Gasteiger partial charge in [0.05, 0.1) is 6.61 Å². The zero-order chi connectivity index (χ0) is 10.0. The van der Waals surface area contributed by atoms with E-state index in [1.165, 1.54) is 0 Å². The van der Waals surface area contributed by atoms with Gasteiger partial charge in [0.25, 0.3) is 5.91 Å². The minimum Gasteiger partial charge on any atom is -0.504 e. The van der Waals surface area contributed by atoms with Crippen LogP contribution in [0.15, 0.2) is 16.3 Å². The molecular weight excluding hydrogens is 176 g/mol. The Kier molecular flexibility index (Phi) is 2.32. The molecule has 0 unspecified atom stereocenters. The van der Waals surface area contributed by atoms with Crippen molar-refractivity contribution in [3.8, 4) is 0 Å². The first kappa shape index (κ1) is 9.24. The first-order valence-corrected chi connectivity index (χ1v) is 3.57. The highest BCUT2D eigenvalue weighted by Crippen LogP contribution is 2.13. The summed E-state index contributed by atoms with van der Waals surface area (Å²) in [5.74, 6) is -2.74. The number of amides is 1. The van der Waals surface area contributed by atoms with E-state index in [0.717, 1.165) is 0 Å². The van der Waals surface area contributed by atoms with Gasteiger partial charge in [0.2, 0.25) is 0 Å². The molecule has 0 radical (unpaired) electrons. The Labute approximate surface area is 73.7 Å². The maximum absolute atomic E-state index is 11.0. The van der Waals surface area contributed by atoms with Crippen molar-refractivity contribution in [3.63, 3.8) is 0 Å². The number of esters is 1. The normalized spacial score (nSPS) is 16.1. The second-order valence-electron chi connectivity index (χ2n) is 2.25. The number of aliphatic imine (C=N–C) groups is 1. The SMILES string of the molecule is CCOC(=O)C1=C(O)C(N)=NC1=O. The van der Waals surface area contributed by atoms with E-state index in [1.807, 2.05) is 0 Å². The van der Waals surface area contributed by atoms with Crippen LogP contribution in [0.5, 0.6) is 0 Å². The van der Waals surface area contributed by atoms with Crippen molar-refractivity contribution in [1.29, 1.82) is 0 Å². The molecule has 13 heavy (non-hydrogen) atoms. The maximum atomic E-state index is 11.0. The molecule has 0 saturated heterocycles. The van der Waals surface area contributed by atoms with E-state index in [4.69, 9.17) is 10.8 Å². The molecule has 0 atom stereocenters.